The molecule has 0 radical (unpaired) electrons. The van der Waals surface area contributed by atoms with Crippen molar-refractivity contribution in [2.75, 3.05) is 13.1 Å². The number of carbonyl (C=O) groups is 2. The summed E-state index contributed by atoms with van der Waals surface area (Å²) in [6.07, 6.45) is 1.43. The number of furan rings is 1. The summed E-state index contributed by atoms with van der Waals surface area (Å²) in [6, 6.07) is 16.8. The molecule has 0 unspecified atom stereocenters. The van der Waals surface area contributed by atoms with Crippen molar-refractivity contribution in [3.63, 3.8) is 0 Å². The van der Waals surface area contributed by atoms with E-state index in [4.69, 9.17) is 9.15 Å². The molecule has 0 saturated heterocycles. The standard InChI is InChI=1S/C23H23FN2O4/c1-2-26(15-21(27)25-14-17-8-10-19(24)11-9-17)23(28)22-18(12-13-29-22)16-30-20-6-4-3-5-7-20/h3-13H,2,14-16H2,1H3,(H,25,27). The van der Waals surface area contributed by atoms with Gasteiger partial charge in [-0.25, -0.2) is 4.39 Å². The van der Waals surface area contributed by atoms with Crippen LogP contribution in [0.2, 0.25) is 0 Å². The third-order valence-electron chi connectivity index (χ3n) is 4.48. The quantitative estimate of drug-likeness (QED) is 0.583. The van der Waals surface area contributed by atoms with Crippen molar-refractivity contribution in [3.8, 4) is 5.75 Å². The normalized spacial score (nSPS) is 10.5. The molecule has 0 bridgehead atoms. The van der Waals surface area contributed by atoms with Crippen LogP contribution in [-0.2, 0) is 17.9 Å². The van der Waals surface area contributed by atoms with E-state index in [0.29, 0.717) is 17.9 Å². The second kappa shape index (κ2) is 10.2. The zero-order chi connectivity index (χ0) is 21.3. The van der Waals surface area contributed by atoms with E-state index in [1.165, 1.54) is 23.3 Å². The average molecular weight is 410 g/mol. The van der Waals surface area contributed by atoms with Crippen molar-refractivity contribution in [2.24, 2.45) is 0 Å². The molecular weight excluding hydrogens is 387 g/mol. The predicted molar refractivity (Wildman–Crippen MR) is 109 cm³/mol. The van der Waals surface area contributed by atoms with Crippen molar-refractivity contribution in [3.05, 3.63) is 89.6 Å². The SMILES string of the molecule is CCN(CC(=O)NCc1ccc(F)cc1)C(=O)c1occc1COc1ccccc1. The van der Waals surface area contributed by atoms with E-state index in [1.807, 2.05) is 30.3 Å². The number of ether oxygens (including phenoxy) is 1. The Balaban J connectivity index is 1.57. The molecule has 1 heterocycles. The number of nitrogens with zero attached hydrogens (tertiary/aromatic N) is 1. The first-order valence-electron chi connectivity index (χ1n) is 9.61. The molecule has 0 aliphatic carbocycles. The lowest BCUT2D eigenvalue weighted by atomic mass is 10.2. The fraction of sp³-hybridized carbons (Fsp3) is 0.217. The Labute approximate surface area is 174 Å². The van der Waals surface area contributed by atoms with E-state index in [0.717, 1.165) is 5.56 Å². The van der Waals surface area contributed by atoms with E-state index >= 15 is 0 Å². The second-order valence-corrected chi connectivity index (χ2v) is 6.60. The highest BCUT2D eigenvalue weighted by Gasteiger charge is 2.23. The molecule has 3 rings (SSSR count). The molecule has 0 fully saturated rings. The first-order valence-corrected chi connectivity index (χ1v) is 9.61. The molecule has 0 spiro atoms. The van der Waals surface area contributed by atoms with Crippen molar-refractivity contribution in [1.29, 1.82) is 0 Å². The largest absolute Gasteiger partial charge is 0.489 e. The van der Waals surface area contributed by atoms with Crippen molar-refractivity contribution < 1.29 is 23.1 Å². The number of likely N-dealkylation sites (N-methyl/N-ethyl adjacent to an activating group) is 1. The Bertz CT molecular complexity index is 970. The minimum absolute atomic E-state index is 0.115. The van der Waals surface area contributed by atoms with Gasteiger partial charge in [0, 0.05) is 18.7 Å². The van der Waals surface area contributed by atoms with Gasteiger partial charge in [0.05, 0.1) is 12.8 Å². The molecule has 2 amide bonds. The summed E-state index contributed by atoms with van der Waals surface area (Å²) in [5, 5.41) is 2.73. The average Bonchev–Trinajstić information content (AvgIpc) is 3.24. The fourth-order valence-corrected chi connectivity index (χ4v) is 2.82. The molecule has 0 atom stereocenters. The smallest absolute Gasteiger partial charge is 0.290 e. The van der Waals surface area contributed by atoms with Crippen LogP contribution in [0, 0.1) is 5.82 Å². The van der Waals surface area contributed by atoms with E-state index in [-0.39, 0.29) is 43.1 Å². The number of rotatable bonds is 9. The van der Waals surface area contributed by atoms with Gasteiger partial charge >= 0.3 is 0 Å². The molecular formula is C23H23FN2O4. The third-order valence-corrected chi connectivity index (χ3v) is 4.48. The van der Waals surface area contributed by atoms with Crippen LogP contribution in [0.5, 0.6) is 5.75 Å². The molecule has 3 aromatic rings. The van der Waals surface area contributed by atoms with Crippen molar-refractivity contribution in [2.45, 2.75) is 20.1 Å². The zero-order valence-corrected chi connectivity index (χ0v) is 16.6. The Kier molecular flexibility index (Phi) is 7.21. The number of hydrogen-bond donors (Lipinski definition) is 1. The number of benzene rings is 2. The molecule has 6 nitrogen and oxygen atoms in total. The minimum atomic E-state index is -0.383. The monoisotopic (exact) mass is 410 g/mol. The highest BCUT2D eigenvalue weighted by molar-refractivity contribution is 5.95. The van der Waals surface area contributed by atoms with Crippen LogP contribution >= 0.6 is 0 Å². The highest BCUT2D eigenvalue weighted by Crippen LogP contribution is 2.17. The van der Waals surface area contributed by atoms with Gasteiger partial charge in [-0.05, 0) is 42.8 Å². The summed E-state index contributed by atoms with van der Waals surface area (Å²) < 4.78 is 24.0. The second-order valence-electron chi connectivity index (χ2n) is 6.60. The van der Waals surface area contributed by atoms with E-state index in [2.05, 4.69) is 5.32 Å². The number of halogens is 1. The van der Waals surface area contributed by atoms with E-state index in [9.17, 15) is 14.0 Å². The summed E-state index contributed by atoms with van der Waals surface area (Å²) in [6.45, 7) is 2.44. The van der Waals surface area contributed by atoms with Crippen molar-refractivity contribution >= 4 is 11.8 Å². The fourth-order valence-electron chi connectivity index (χ4n) is 2.82. The molecule has 1 N–H and O–H groups in total. The lowest BCUT2D eigenvalue weighted by Crippen LogP contribution is -2.40. The third kappa shape index (κ3) is 5.70. The maximum atomic E-state index is 13.0. The Morgan fingerprint density at radius 1 is 1.07 bits per heavy atom. The lowest BCUT2D eigenvalue weighted by molar-refractivity contribution is -0.121. The maximum absolute atomic E-state index is 13.0. The highest BCUT2D eigenvalue weighted by atomic mass is 19.1. The van der Waals surface area contributed by atoms with Gasteiger partial charge in [0.1, 0.15) is 18.2 Å². The molecule has 0 saturated carbocycles. The van der Waals surface area contributed by atoms with Crippen LogP contribution < -0.4 is 10.1 Å². The van der Waals surface area contributed by atoms with Crippen LogP contribution in [-0.4, -0.2) is 29.8 Å². The van der Waals surface area contributed by atoms with Gasteiger partial charge in [-0.2, -0.15) is 0 Å². The summed E-state index contributed by atoms with van der Waals surface area (Å²) >= 11 is 0. The first kappa shape index (κ1) is 21.1. The topological polar surface area (TPSA) is 71.8 Å². The molecule has 1 aromatic heterocycles. The van der Waals surface area contributed by atoms with Crippen LogP contribution in [0.1, 0.15) is 28.6 Å². The summed E-state index contributed by atoms with van der Waals surface area (Å²) in [5.74, 6) is -0.198. The number of nitrogens with one attached hydrogen (secondary N) is 1. The maximum Gasteiger partial charge on any atom is 0.290 e. The van der Waals surface area contributed by atoms with E-state index < -0.39 is 0 Å². The Morgan fingerprint density at radius 2 is 1.80 bits per heavy atom. The molecule has 0 aliphatic rings. The number of para-hydroxylation sites is 1. The minimum Gasteiger partial charge on any atom is -0.489 e. The summed E-state index contributed by atoms with van der Waals surface area (Å²) in [4.78, 5) is 26.6. The molecule has 2 aromatic carbocycles. The number of hydrogen-bond acceptors (Lipinski definition) is 4. The van der Waals surface area contributed by atoms with Gasteiger partial charge in [-0.15, -0.1) is 0 Å². The Hall–Kier alpha value is -3.61. The zero-order valence-electron chi connectivity index (χ0n) is 16.6. The van der Waals surface area contributed by atoms with Gasteiger partial charge in [-0.3, -0.25) is 9.59 Å². The van der Waals surface area contributed by atoms with Gasteiger partial charge in [0.25, 0.3) is 5.91 Å². The number of carbonyl (C=O) groups excluding carboxylic acids is 2. The van der Waals surface area contributed by atoms with Crippen LogP contribution in [0.4, 0.5) is 4.39 Å². The van der Waals surface area contributed by atoms with Crippen LogP contribution in [0.15, 0.2) is 71.3 Å². The Morgan fingerprint density at radius 3 is 2.50 bits per heavy atom. The van der Waals surface area contributed by atoms with Gasteiger partial charge in [0.15, 0.2) is 5.76 Å². The molecule has 0 aliphatic heterocycles. The number of amides is 2. The van der Waals surface area contributed by atoms with Crippen LogP contribution in [0.3, 0.4) is 0 Å². The lowest BCUT2D eigenvalue weighted by Gasteiger charge is -2.20. The first-order chi connectivity index (χ1) is 14.6. The molecule has 156 valence electrons. The van der Waals surface area contributed by atoms with E-state index in [1.54, 1.807) is 25.1 Å². The summed E-state index contributed by atoms with van der Waals surface area (Å²) in [5.41, 5.74) is 1.37. The molecule has 30 heavy (non-hydrogen) atoms. The van der Waals surface area contributed by atoms with Gasteiger partial charge in [-0.1, -0.05) is 30.3 Å². The van der Waals surface area contributed by atoms with Crippen LogP contribution in [0.25, 0.3) is 0 Å². The molecule has 7 heteroatoms. The van der Waals surface area contributed by atoms with Crippen molar-refractivity contribution in [1.82, 2.24) is 10.2 Å². The summed E-state index contributed by atoms with van der Waals surface area (Å²) in [7, 11) is 0. The van der Waals surface area contributed by atoms with Gasteiger partial charge in [0.2, 0.25) is 5.91 Å². The predicted octanol–water partition coefficient (Wildman–Crippen LogP) is 3.78. The van der Waals surface area contributed by atoms with Gasteiger partial charge < -0.3 is 19.4 Å².